The number of hydrogen-bond donors (Lipinski definition) is 3. The minimum atomic E-state index is -0.903. The van der Waals surface area contributed by atoms with Gasteiger partial charge in [-0.05, 0) is 18.6 Å². The van der Waals surface area contributed by atoms with E-state index >= 15 is 0 Å². The molecule has 2 aromatic rings. The first-order chi connectivity index (χ1) is 11.0. The molecular formula is C13H12Cl2N4O4. The number of nitrogens with zero attached hydrogens (tertiary/aromatic N) is 3. The summed E-state index contributed by atoms with van der Waals surface area (Å²) in [5.74, 6) is -0.654. The Morgan fingerprint density at radius 3 is 2.35 bits per heavy atom. The molecule has 23 heavy (non-hydrogen) atoms. The average Bonchev–Trinajstić information content (AvgIpc) is 2.49. The number of benzene rings is 1. The molecule has 10 heteroatoms. The lowest BCUT2D eigenvalue weighted by Gasteiger charge is -2.07. The molecule has 0 amide bonds. The van der Waals surface area contributed by atoms with Crippen LogP contribution in [0.3, 0.4) is 0 Å². The molecule has 2 rings (SSSR count). The van der Waals surface area contributed by atoms with Crippen LogP contribution in [0.4, 0.5) is 11.4 Å². The van der Waals surface area contributed by atoms with Gasteiger partial charge in [0.1, 0.15) is 5.69 Å². The number of azo groups is 1. The van der Waals surface area contributed by atoms with E-state index in [0.29, 0.717) is 0 Å². The third-order valence-electron chi connectivity index (χ3n) is 2.88. The van der Waals surface area contributed by atoms with E-state index in [4.69, 9.17) is 28.3 Å². The highest BCUT2D eigenvalue weighted by atomic mass is 35.5. The maximum absolute atomic E-state index is 11.8. The second-order valence-electron chi connectivity index (χ2n) is 4.43. The van der Waals surface area contributed by atoms with Gasteiger partial charge >= 0.3 is 5.69 Å². The Morgan fingerprint density at radius 2 is 1.74 bits per heavy atom. The normalized spacial score (nSPS) is 11.3. The molecular weight excluding hydrogens is 347 g/mol. The quantitative estimate of drug-likeness (QED) is 0.710. The fraction of sp³-hybridized carbons (Fsp3) is 0.231. The summed E-state index contributed by atoms with van der Waals surface area (Å²) >= 11 is 11.9. The summed E-state index contributed by atoms with van der Waals surface area (Å²) in [6.07, 6.45) is 0.215. The summed E-state index contributed by atoms with van der Waals surface area (Å²) < 4.78 is 0.875. The number of nitrogens with one attached hydrogen (secondary N) is 1. The third kappa shape index (κ3) is 3.79. The molecule has 0 atom stereocenters. The van der Waals surface area contributed by atoms with Gasteiger partial charge in [0.05, 0.1) is 10.0 Å². The number of hydrogen-bond acceptors (Lipinski definition) is 6. The van der Waals surface area contributed by atoms with Crippen LogP contribution in [0.5, 0.6) is 5.88 Å². The molecule has 1 aromatic heterocycles. The van der Waals surface area contributed by atoms with Crippen molar-refractivity contribution in [2.24, 2.45) is 10.2 Å². The molecule has 0 spiro atoms. The second-order valence-corrected chi connectivity index (χ2v) is 5.24. The molecule has 0 bridgehead atoms. The van der Waals surface area contributed by atoms with Gasteiger partial charge in [-0.3, -0.25) is 14.3 Å². The van der Waals surface area contributed by atoms with Crippen molar-refractivity contribution in [1.82, 2.24) is 9.55 Å². The summed E-state index contributed by atoms with van der Waals surface area (Å²) in [4.78, 5) is 25.4. The fourth-order valence-corrected chi connectivity index (χ4v) is 2.23. The van der Waals surface area contributed by atoms with Crippen molar-refractivity contribution in [2.45, 2.75) is 13.0 Å². The van der Waals surface area contributed by atoms with Gasteiger partial charge in [-0.25, -0.2) is 4.79 Å². The molecule has 1 heterocycles. The Kier molecular flexibility index (Phi) is 5.54. The number of H-pyrrole nitrogens is 1. The topological polar surface area (TPSA) is 120 Å². The van der Waals surface area contributed by atoms with E-state index in [1.165, 1.54) is 12.1 Å². The van der Waals surface area contributed by atoms with Crippen molar-refractivity contribution in [2.75, 3.05) is 6.61 Å². The summed E-state index contributed by atoms with van der Waals surface area (Å²) in [6, 6.07) is 4.69. The molecule has 0 fully saturated rings. The Labute approximate surface area is 139 Å². The van der Waals surface area contributed by atoms with Crippen LogP contribution >= 0.6 is 23.2 Å². The predicted octanol–water partition coefficient (Wildman–Crippen LogP) is 2.35. The first-order valence-electron chi connectivity index (χ1n) is 6.48. The largest absolute Gasteiger partial charge is 0.493 e. The van der Waals surface area contributed by atoms with Crippen LogP contribution in [0, 0.1) is 0 Å². The van der Waals surface area contributed by atoms with Gasteiger partial charge < -0.3 is 10.2 Å². The number of aromatic nitrogens is 2. The number of aliphatic hydroxyl groups is 1. The van der Waals surface area contributed by atoms with Crippen LogP contribution < -0.4 is 11.2 Å². The van der Waals surface area contributed by atoms with Crippen molar-refractivity contribution in [3.63, 3.8) is 0 Å². The van der Waals surface area contributed by atoms with E-state index in [9.17, 15) is 14.7 Å². The van der Waals surface area contributed by atoms with Crippen LogP contribution in [0.25, 0.3) is 0 Å². The second kappa shape index (κ2) is 7.40. The lowest BCUT2D eigenvalue weighted by Crippen LogP contribution is -2.29. The highest BCUT2D eigenvalue weighted by Gasteiger charge is 2.14. The zero-order valence-electron chi connectivity index (χ0n) is 11.7. The van der Waals surface area contributed by atoms with Crippen LogP contribution in [0.15, 0.2) is 38.0 Å². The molecule has 8 nitrogen and oxygen atoms in total. The minimum Gasteiger partial charge on any atom is -0.493 e. The van der Waals surface area contributed by atoms with Gasteiger partial charge in [-0.2, -0.15) is 0 Å². The van der Waals surface area contributed by atoms with Crippen molar-refractivity contribution < 1.29 is 10.2 Å². The van der Waals surface area contributed by atoms with E-state index in [-0.39, 0.29) is 35.3 Å². The lowest BCUT2D eigenvalue weighted by atomic mass is 10.3. The Hall–Kier alpha value is -2.16. The monoisotopic (exact) mass is 358 g/mol. The molecule has 0 aliphatic rings. The van der Waals surface area contributed by atoms with Crippen LogP contribution in [0.2, 0.25) is 10.0 Å². The Bertz CT molecular complexity index is 840. The molecule has 0 radical (unpaired) electrons. The standard InChI is InChI=1S/C13H12Cl2N4O4/c14-7-3-1-4-8(15)9(7)17-18-10-11(21)16-13(23)19(12(10)22)5-2-6-20/h1,3-4,20,22H,2,5-6H2,(H,16,21,23). The molecule has 0 aliphatic carbocycles. The van der Waals surface area contributed by atoms with E-state index < -0.39 is 22.8 Å². The van der Waals surface area contributed by atoms with Gasteiger partial charge in [-0.1, -0.05) is 29.3 Å². The zero-order valence-corrected chi connectivity index (χ0v) is 13.2. The van der Waals surface area contributed by atoms with Crippen LogP contribution in [-0.2, 0) is 6.54 Å². The molecule has 0 saturated carbocycles. The Morgan fingerprint density at radius 1 is 1.13 bits per heavy atom. The molecule has 3 N–H and O–H groups in total. The van der Waals surface area contributed by atoms with Crippen molar-refractivity contribution in [1.29, 1.82) is 0 Å². The number of rotatable bonds is 5. The van der Waals surface area contributed by atoms with E-state index in [0.717, 1.165) is 4.57 Å². The fourth-order valence-electron chi connectivity index (χ4n) is 1.76. The van der Waals surface area contributed by atoms with E-state index in [2.05, 4.69) is 10.2 Å². The van der Waals surface area contributed by atoms with Gasteiger partial charge in [0.15, 0.2) is 0 Å². The first kappa shape index (κ1) is 17.2. The SMILES string of the molecule is O=c1[nH]c(=O)n(CCCO)c(O)c1N=Nc1c(Cl)cccc1Cl. The summed E-state index contributed by atoms with van der Waals surface area (Å²) in [5.41, 5.74) is -2.04. The zero-order chi connectivity index (χ0) is 17.0. The van der Waals surface area contributed by atoms with Gasteiger partial charge in [0, 0.05) is 13.2 Å². The van der Waals surface area contributed by atoms with Gasteiger partial charge in [0.2, 0.25) is 11.6 Å². The third-order valence-corrected chi connectivity index (χ3v) is 3.49. The Balaban J connectivity index is 2.50. The highest BCUT2D eigenvalue weighted by Crippen LogP contribution is 2.34. The van der Waals surface area contributed by atoms with Crippen molar-refractivity contribution in [3.05, 3.63) is 49.1 Å². The van der Waals surface area contributed by atoms with Crippen LogP contribution in [0.1, 0.15) is 6.42 Å². The van der Waals surface area contributed by atoms with Gasteiger partial charge in [0.25, 0.3) is 5.56 Å². The van der Waals surface area contributed by atoms with Crippen LogP contribution in [-0.4, -0.2) is 26.4 Å². The van der Waals surface area contributed by atoms with Crippen molar-refractivity contribution >= 4 is 34.6 Å². The maximum Gasteiger partial charge on any atom is 0.331 e. The summed E-state index contributed by atoms with van der Waals surface area (Å²) in [7, 11) is 0. The number of halogens is 2. The maximum atomic E-state index is 11.8. The highest BCUT2D eigenvalue weighted by molar-refractivity contribution is 6.38. The number of aromatic amines is 1. The van der Waals surface area contributed by atoms with E-state index in [1.54, 1.807) is 6.07 Å². The molecule has 1 aromatic carbocycles. The van der Waals surface area contributed by atoms with Gasteiger partial charge in [-0.15, -0.1) is 10.2 Å². The first-order valence-corrected chi connectivity index (χ1v) is 7.24. The lowest BCUT2D eigenvalue weighted by molar-refractivity contribution is 0.274. The summed E-state index contributed by atoms with van der Waals surface area (Å²) in [6.45, 7) is -0.176. The summed E-state index contributed by atoms with van der Waals surface area (Å²) in [5, 5.41) is 26.7. The number of aromatic hydroxyl groups is 1. The minimum absolute atomic E-state index is 0.00726. The van der Waals surface area contributed by atoms with E-state index in [1.807, 2.05) is 4.98 Å². The molecule has 122 valence electrons. The van der Waals surface area contributed by atoms with Crippen molar-refractivity contribution in [3.8, 4) is 5.88 Å². The molecule has 0 saturated heterocycles. The molecule has 0 aliphatic heterocycles. The average molecular weight is 359 g/mol. The predicted molar refractivity (Wildman–Crippen MR) is 85.3 cm³/mol. The molecule has 0 unspecified atom stereocenters. The smallest absolute Gasteiger partial charge is 0.331 e. The number of aliphatic hydroxyl groups excluding tert-OH is 1.